The molecule has 1 aromatic carbocycles. The molecule has 0 aliphatic carbocycles. The molecule has 6 heteroatoms. The first kappa shape index (κ1) is 16.6. The zero-order chi connectivity index (χ0) is 16.8. The van der Waals surface area contributed by atoms with Crippen LogP contribution >= 0.6 is 0 Å². The second kappa shape index (κ2) is 7.45. The highest BCUT2D eigenvalue weighted by Crippen LogP contribution is 2.18. The Hall–Kier alpha value is -2.81. The molecule has 1 atom stereocenters. The van der Waals surface area contributed by atoms with Crippen molar-refractivity contribution in [2.24, 2.45) is 5.92 Å². The highest BCUT2D eigenvalue weighted by molar-refractivity contribution is 6.07. The summed E-state index contributed by atoms with van der Waals surface area (Å²) in [5.41, 5.74) is 1.37. The lowest BCUT2D eigenvalue weighted by Gasteiger charge is -2.19. The van der Waals surface area contributed by atoms with E-state index in [4.69, 9.17) is 5.26 Å². The van der Waals surface area contributed by atoms with Gasteiger partial charge in [-0.1, -0.05) is 32.0 Å². The van der Waals surface area contributed by atoms with Gasteiger partial charge < -0.3 is 15.6 Å². The van der Waals surface area contributed by atoms with Crippen LogP contribution in [0, 0.1) is 17.2 Å². The van der Waals surface area contributed by atoms with Gasteiger partial charge in [-0.2, -0.15) is 5.26 Å². The molecule has 0 unspecified atom stereocenters. The second-order valence-corrected chi connectivity index (χ2v) is 5.78. The van der Waals surface area contributed by atoms with Crippen molar-refractivity contribution in [1.29, 1.82) is 5.26 Å². The summed E-state index contributed by atoms with van der Waals surface area (Å²) in [6.07, 6.45) is 2.14. The van der Waals surface area contributed by atoms with Crippen LogP contribution in [-0.4, -0.2) is 29.4 Å². The fourth-order valence-corrected chi connectivity index (χ4v) is 2.45. The van der Waals surface area contributed by atoms with Crippen molar-refractivity contribution in [3.63, 3.8) is 0 Å². The molecule has 0 aliphatic heterocycles. The van der Waals surface area contributed by atoms with Gasteiger partial charge in [0.15, 0.2) is 0 Å². The van der Waals surface area contributed by atoms with Gasteiger partial charge in [-0.25, -0.2) is 0 Å². The summed E-state index contributed by atoms with van der Waals surface area (Å²) < 4.78 is 0. The molecule has 3 N–H and O–H groups in total. The molecule has 0 spiro atoms. The van der Waals surface area contributed by atoms with Gasteiger partial charge in [-0.3, -0.25) is 9.59 Å². The fraction of sp³-hybridized carbons (Fsp3) is 0.353. The summed E-state index contributed by atoms with van der Waals surface area (Å²) in [7, 11) is 0. The number of hydrogen-bond acceptors (Lipinski definition) is 3. The average molecular weight is 312 g/mol. The molecule has 0 aliphatic rings. The van der Waals surface area contributed by atoms with Gasteiger partial charge in [0, 0.05) is 17.1 Å². The summed E-state index contributed by atoms with van der Waals surface area (Å²) in [4.78, 5) is 27.7. The first-order chi connectivity index (χ1) is 11.0. The zero-order valence-electron chi connectivity index (χ0n) is 13.2. The number of amides is 2. The standard InChI is InChI=1S/C17H20N4O2/c1-11(2)9-15(17(23)19-8-7-18)21-16(22)13-10-20-14-6-4-3-5-12(13)14/h3-6,10-11,15,20H,8-9H2,1-2H3,(H,19,23)(H,21,22)/t15-/m0/s1. The van der Waals surface area contributed by atoms with E-state index in [9.17, 15) is 9.59 Å². The van der Waals surface area contributed by atoms with Gasteiger partial charge in [0.05, 0.1) is 11.6 Å². The maximum Gasteiger partial charge on any atom is 0.254 e. The predicted octanol–water partition coefficient (Wildman–Crippen LogP) is 1.95. The highest BCUT2D eigenvalue weighted by Gasteiger charge is 2.23. The third kappa shape index (κ3) is 4.10. The summed E-state index contributed by atoms with van der Waals surface area (Å²) in [6.45, 7) is 3.88. The van der Waals surface area contributed by atoms with Crippen LogP contribution in [-0.2, 0) is 4.79 Å². The van der Waals surface area contributed by atoms with Gasteiger partial charge in [0.25, 0.3) is 5.91 Å². The van der Waals surface area contributed by atoms with Gasteiger partial charge in [0.2, 0.25) is 5.91 Å². The lowest BCUT2D eigenvalue weighted by molar-refractivity contribution is -0.123. The van der Waals surface area contributed by atoms with Crippen molar-refractivity contribution in [2.75, 3.05) is 6.54 Å². The molecule has 1 aromatic heterocycles. The Morgan fingerprint density at radius 3 is 2.74 bits per heavy atom. The number of nitrogens with zero attached hydrogens (tertiary/aromatic N) is 1. The highest BCUT2D eigenvalue weighted by atomic mass is 16.2. The first-order valence-electron chi connectivity index (χ1n) is 7.54. The van der Waals surface area contributed by atoms with Crippen molar-refractivity contribution in [3.05, 3.63) is 36.0 Å². The number of nitriles is 1. The molecule has 0 fully saturated rings. The van der Waals surface area contributed by atoms with E-state index in [-0.39, 0.29) is 24.3 Å². The van der Waals surface area contributed by atoms with Crippen molar-refractivity contribution in [2.45, 2.75) is 26.3 Å². The number of rotatable bonds is 6. The van der Waals surface area contributed by atoms with Crippen LogP contribution in [0.2, 0.25) is 0 Å². The zero-order valence-corrected chi connectivity index (χ0v) is 13.2. The van der Waals surface area contributed by atoms with E-state index in [0.29, 0.717) is 12.0 Å². The lowest BCUT2D eigenvalue weighted by atomic mass is 10.0. The Labute approximate surface area is 134 Å². The normalized spacial score (nSPS) is 11.9. The molecule has 0 radical (unpaired) electrons. The Kier molecular flexibility index (Phi) is 5.36. The molecule has 6 nitrogen and oxygen atoms in total. The third-order valence-corrected chi connectivity index (χ3v) is 3.50. The van der Waals surface area contributed by atoms with E-state index in [1.165, 1.54) is 0 Å². The van der Waals surface area contributed by atoms with E-state index < -0.39 is 6.04 Å². The number of aromatic nitrogens is 1. The smallest absolute Gasteiger partial charge is 0.254 e. The van der Waals surface area contributed by atoms with Crippen LogP contribution in [0.15, 0.2) is 30.5 Å². The number of aromatic amines is 1. The van der Waals surface area contributed by atoms with Crippen LogP contribution in [0.5, 0.6) is 0 Å². The van der Waals surface area contributed by atoms with Crippen LogP contribution < -0.4 is 10.6 Å². The van der Waals surface area contributed by atoms with E-state index in [0.717, 1.165) is 10.9 Å². The molecule has 0 saturated heterocycles. The number of benzene rings is 1. The van der Waals surface area contributed by atoms with Gasteiger partial charge in [0.1, 0.15) is 12.6 Å². The topological polar surface area (TPSA) is 97.8 Å². The molecule has 0 bridgehead atoms. The van der Waals surface area contributed by atoms with Crippen molar-refractivity contribution >= 4 is 22.7 Å². The fourth-order valence-electron chi connectivity index (χ4n) is 2.45. The molecule has 2 aromatic rings. The number of hydrogen-bond donors (Lipinski definition) is 3. The van der Waals surface area contributed by atoms with E-state index in [1.54, 1.807) is 6.20 Å². The summed E-state index contributed by atoms with van der Waals surface area (Å²) in [5, 5.41) is 14.7. The minimum atomic E-state index is -0.662. The van der Waals surface area contributed by atoms with Gasteiger partial charge in [-0.15, -0.1) is 0 Å². The molecule has 2 rings (SSSR count). The van der Waals surface area contributed by atoms with Gasteiger partial charge in [-0.05, 0) is 18.4 Å². The van der Waals surface area contributed by atoms with Crippen LogP contribution in [0.25, 0.3) is 10.9 Å². The monoisotopic (exact) mass is 312 g/mol. The molecule has 120 valence electrons. The van der Waals surface area contributed by atoms with Crippen LogP contribution in [0.4, 0.5) is 0 Å². The summed E-state index contributed by atoms with van der Waals surface area (Å²) in [5.74, 6) is -0.412. The molecular formula is C17H20N4O2. The van der Waals surface area contributed by atoms with E-state index >= 15 is 0 Å². The van der Waals surface area contributed by atoms with Crippen molar-refractivity contribution in [1.82, 2.24) is 15.6 Å². The molecule has 23 heavy (non-hydrogen) atoms. The van der Waals surface area contributed by atoms with Crippen LogP contribution in [0.3, 0.4) is 0 Å². The maximum absolute atomic E-state index is 12.5. The minimum absolute atomic E-state index is 0.0730. The Bertz CT molecular complexity index is 742. The number of para-hydroxylation sites is 1. The van der Waals surface area contributed by atoms with Crippen molar-refractivity contribution < 1.29 is 9.59 Å². The molecule has 0 saturated carbocycles. The number of fused-ring (bicyclic) bond motifs is 1. The number of carbonyl (C=O) groups is 2. The average Bonchev–Trinajstić information content (AvgIpc) is 2.95. The molecular weight excluding hydrogens is 292 g/mol. The number of nitrogens with one attached hydrogen (secondary N) is 3. The SMILES string of the molecule is CC(C)C[C@H](NC(=O)c1c[nH]c2ccccc12)C(=O)NCC#N. The Morgan fingerprint density at radius 2 is 2.04 bits per heavy atom. The Morgan fingerprint density at radius 1 is 1.30 bits per heavy atom. The largest absolute Gasteiger partial charge is 0.360 e. The first-order valence-corrected chi connectivity index (χ1v) is 7.54. The van der Waals surface area contributed by atoms with Gasteiger partial charge >= 0.3 is 0 Å². The van der Waals surface area contributed by atoms with E-state index in [1.807, 2.05) is 44.2 Å². The van der Waals surface area contributed by atoms with E-state index in [2.05, 4.69) is 15.6 Å². The molecule has 1 heterocycles. The summed E-state index contributed by atoms with van der Waals surface area (Å²) in [6, 6.07) is 8.69. The van der Waals surface area contributed by atoms with Crippen molar-refractivity contribution in [3.8, 4) is 6.07 Å². The second-order valence-electron chi connectivity index (χ2n) is 5.78. The predicted molar refractivity (Wildman–Crippen MR) is 87.6 cm³/mol. The Balaban J connectivity index is 2.16. The minimum Gasteiger partial charge on any atom is -0.360 e. The number of H-pyrrole nitrogens is 1. The summed E-state index contributed by atoms with van der Waals surface area (Å²) >= 11 is 0. The quantitative estimate of drug-likeness (QED) is 0.711. The third-order valence-electron chi connectivity index (χ3n) is 3.50. The number of carbonyl (C=O) groups excluding carboxylic acids is 2. The maximum atomic E-state index is 12.5. The molecule has 2 amide bonds. The lowest BCUT2D eigenvalue weighted by Crippen LogP contribution is -2.47. The van der Waals surface area contributed by atoms with Crippen LogP contribution in [0.1, 0.15) is 30.6 Å².